The highest BCUT2D eigenvalue weighted by Gasteiger charge is 2.54. The lowest BCUT2D eigenvalue weighted by atomic mass is 9.76. The highest BCUT2D eigenvalue weighted by Crippen LogP contribution is 2.49. The highest BCUT2D eigenvalue weighted by atomic mass is 16.2. The molecule has 3 fully saturated rings. The molecular formula is C25H32N4O2. The van der Waals surface area contributed by atoms with Crippen molar-refractivity contribution in [3.63, 3.8) is 0 Å². The zero-order valence-electron chi connectivity index (χ0n) is 18.6. The summed E-state index contributed by atoms with van der Waals surface area (Å²) in [4.78, 5) is 35.7. The Morgan fingerprint density at radius 3 is 2.68 bits per heavy atom. The molecule has 2 aromatic rings. The van der Waals surface area contributed by atoms with Crippen molar-refractivity contribution in [1.29, 1.82) is 0 Å². The van der Waals surface area contributed by atoms with E-state index in [4.69, 9.17) is 0 Å². The number of likely N-dealkylation sites (tertiary alicyclic amines) is 2. The summed E-state index contributed by atoms with van der Waals surface area (Å²) < 4.78 is 1.92. The summed E-state index contributed by atoms with van der Waals surface area (Å²) in [5.41, 5.74) is 2.63. The number of carbonyl (C=O) groups is 2. The largest absolute Gasteiger partial charge is 0.342 e. The van der Waals surface area contributed by atoms with Gasteiger partial charge in [-0.25, -0.2) is 4.98 Å². The first-order valence-corrected chi connectivity index (χ1v) is 11.6. The number of imidazole rings is 1. The molecule has 1 spiro atoms. The molecule has 31 heavy (non-hydrogen) atoms. The lowest BCUT2D eigenvalue weighted by Crippen LogP contribution is -2.51. The number of hydrogen-bond donors (Lipinski definition) is 0. The topological polar surface area (TPSA) is 58.4 Å². The van der Waals surface area contributed by atoms with E-state index in [0.717, 1.165) is 37.2 Å². The molecule has 2 saturated heterocycles. The van der Waals surface area contributed by atoms with Crippen LogP contribution in [0.3, 0.4) is 0 Å². The fourth-order valence-corrected chi connectivity index (χ4v) is 5.37. The summed E-state index contributed by atoms with van der Waals surface area (Å²) in [6.45, 7) is 4.32. The molecule has 1 saturated carbocycles. The molecule has 0 unspecified atom stereocenters. The molecule has 5 rings (SSSR count). The zero-order chi connectivity index (χ0) is 21.6. The monoisotopic (exact) mass is 420 g/mol. The molecule has 0 N–H and O–H groups in total. The van der Waals surface area contributed by atoms with Gasteiger partial charge in [-0.05, 0) is 50.5 Å². The second-order valence-electron chi connectivity index (χ2n) is 9.95. The van der Waals surface area contributed by atoms with Gasteiger partial charge in [0.15, 0.2) is 0 Å². The molecule has 2 atom stereocenters. The average molecular weight is 421 g/mol. The molecular weight excluding hydrogens is 388 g/mol. The third-order valence-electron chi connectivity index (χ3n) is 7.30. The zero-order valence-corrected chi connectivity index (χ0v) is 18.6. The predicted octanol–water partition coefficient (Wildman–Crippen LogP) is 3.26. The summed E-state index contributed by atoms with van der Waals surface area (Å²) in [7, 11) is 1.95. The van der Waals surface area contributed by atoms with E-state index >= 15 is 0 Å². The molecule has 1 aromatic heterocycles. The van der Waals surface area contributed by atoms with Gasteiger partial charge in [-0.15, -0.1) is 0 Å². The number of aryl methyl sites for hydroxylation is 2. The van der Waals surface area contributed by atoms with Gasteiger partial charge < -0.3 is 14.4 Å². The summed E-state index contributed by atoms with van der Waals surface area (Å²) in [5, 5.41) is 0. The molecule has 2 amide bonds. The van der Waals surface area contributed by atoms with Crippen molar-refractivity contribution < 1.29 is 9.59 Å². The maximum absolute atomic E-state index is 13.6. The van der Waals surface area contributed by atoms with Gasteiger partial charge in [0.05, 0.1) is 29.9 Å². The minimum atomic E-state index is -0.460. The van der Waals surface area contributed by atoms with Gasteiger partial charge in [0.1, 0.15) is 0 Å². The van der Waals surface area contributed by atoms with Crippen molar-refractivity contribution in [3.8, 4) is 0 Å². The van der Waals surface area contributed by atoms with E-state index in [1.165, 1.54) is 18.4 Å². The first-order valence-electron chi connectivity index (χ1n) is 11.6. The maximum atomic E-state index is 13.6. The van der Waals surface area contributed by atoms with Gasteiger partial charge in [0.25, 0.3) is 0 Å². The smallest absolute Gasteiger partial charge is 0.230 e. The number of carbonyl (C=O) groups excluding carboxylic acids is 2. The van der Waals surface area contributed by atoms with Gasteiger partial charge in [-0.3, -0.25) is 9.59 Å². The Balaban J connectivity index is 1.41. The molecule has 2 aliphatic heterocycles. The van der Waals surface area contributed by atoms with Crippen LogP contribution >= 0.6 is 0 Å². The molecule has 164 valence electrons. The van der Waals surface area contributed by atoms with Crippen LogP contribution in [0.15, 0.2) is 36.8 Å². The van der Waals surface area contributed by atoms with Crippen LogP contribution in [-0.4, -0.2) is 50.8 Å². The van der Waals surface area contributed by atoms with Crippen LogP contribution in [0.4, 0.5) is 0 Å². The van der Waals surface area contributed by atoms with E-state index in [2.05, 4.69) is 16.8 Å². The van der Waals surface area contributed by atoms with Gasteiger partial charge in [-0.1, -0.05) is 29.8 Å². The van der Waals surface area contributed by atoms with Crippen LogP contribution in [0.5, 0.6) is 0 Å². The van der Waals surface area contributed by atoms with E-state index in [-0.39, 0.29) is 17.9 Å². The van der Waals surface area contributed by atoms with Crippen molar-refractivity contribution in [3.05, 3.63) is 53.6 Å². The third-order valence-corrected chi connectivity index (χ3v) is 7.30. The molecule has 0 radical (unpaired) electrons. The summed E-state index contributed by atoms with van der Waals surface area (Å²) >= 11 is 0. The normalized spacial score (nSPS) is 26.1. The number of hydrogen-bond acceptors (Lipinski definition) is 3. The van der Waals surface area contributed by atoms with Crippen molar-refractivity contribution >= 4 is 11.8 Å². The summed E-state index contributed by atoms with van der Waals surface area (Å²) in [6, 6.07) is 8.01. The maximum Gasteiger partial charge on any atom is 0.230 e. The minimum Gasteiger partial charge on any atom is -0.342 e. The van der Waals surface area contributed by atoms with Crippen LogP contribution in [0.2, 0.25) is 0 Å². The molecule has 1 aromatic carbocycles. The van der Waals surface area contributed by atoms with Crippen LogP contribution in [0.25, 0.3) is 0 Å². The Labute approximate surface area is 184 Å². The van der Waals surface area contributed by atoms with Crippen molar-refractivity contribution in [1.82, 2.24) is 19.4 Å². The van der Waals surface area contributed by atoms with Gasteiger partial charge in [0, 0.05) is 32.9 Å². The fraction of sp³-hybridized carbons (Fsp3) is 0.560. The number of amides is 2. The van der Waals surface area contributed by atoms with E-state index in [0.29, 0.717) is 25.3 Å². The predicted molar refractivity (Wildman–Crippen MR) is 118 cm³/mol. The number of benzene rings is 1. The molecule has 0 bridgehead atoms. The Bertz CT molecular complexity index is 978. The van der Waals surface area contributed by atoms with Crippen molar-refractivity contribution in [2.75, 3.05) is 19.6 Å². The molecule has 1 aliphatic carbocycles. The second-order valence-corrected chi connectivity index (χ2v) is 9.95. The fourth-order valence-electron chi connectivity index (χ4n) is 5.37. The molecule has 6 nitrogen and oxygen atoms in total. The molecule has 3 heterocycles. The lowest BCUT2D eigenvalue weighted by molar-refractivity contribution is -0.146. The van der Waals surface area contributed by atoms with Crippen LogP contribution in [0, 0.1) is 18.3 Å². The second kappa shape index (κ2) is 7.81. The van der Waals surface area contributed by atoms with Gasteiger partial charge in [-0.2, -0.15) is 0 Å². The highest BCUT2D eigenvalue weighted by molar-refractivity contribution is 5.87. The van der Waals surface area contributed by atoms with E-state index in [9.17, 15) is 9.59 Å². The van der Waals surface area contributed by atoms with Crippen LogP contribution in [0.1, 0.15) is 55.0 Å². The average Bonchev–Trinajstić information content (AvgIpc) is 3.33. The van der Waals surface area contributed by atoms with Crippen molar-refractivity contribution in [2.45, 2.75) is 51.5 Å². The molecule has 3 aliphatic rings. The minimum absolute atomic E-state index is 0.0866. The van der Waals surface area contributed by atoms with E-state index < -0.39 is 5.41 Å². The first-order chi connectivity index (χ1) is 14.9. The van der Waals surface area contributed by atoms with Gasteiger partial charge in [0.2, 0.25) is 11.8 Å². The quantitative estimate of drug-likeness (QED) is 0.746. The number of nitrogens with zero attached hydrogens (tertiary/aromatic N) is 4. The van der Waals surface area contributed by atoms with Crippen LogP contribution < -0.4 is 0 Å². The van der Waals surface area contributed by atoms with E-state index in [1.807, 2.05) is 47.0 Å². The Kier molecular flexibility index (Phi) is 5.11. The van der Waals surface area contributed by atoms with Crippen LogP contribution in [-0.2, 0) is 23.1 Å². The van der Waals surface area contributed by atoms with Gasteiger partial charge >= 0.3 is 0 Å². The third kappa shape index (κ3) is 4.00. The summed E-state index contributed by atoms with van der Waals surface area (Å²) in [5.74, 6) is 1.03. The SMILES string of the molecule is Cc1ccc(CC(=O)N2C[C@@]3(CCCN(CC4CC4)C3=O)C[C@H]2c2cn(C)cn2)cc1. The number of rotatable bonds is 5. The number of aromatic nitrogens is 2. The lowest BCUT2D eigenvalue weighted by Gasteiger charge is -2.39. The Morgan fingerprint density at radius 2 is 2.00 bits per heavy atom. The first kappa shape index (κ1) is 20.3. The summed E-state index contributed by atoms with van der Waals surface area (Å²) in [6.07, 6.45) is 9.19. The Hall–Kier alpha value is -2.63. The Morgan fingerprint density at radius 1 is 1.23 bits per heavy atom. The van der Waals surface area contributed by atoms with Crippen molar-refractivity contribution in [2.24, 2.45) is 18.4 Å². The van der Waals surface area contributed by atoms with E-state index in [1.54, 1.807) is 6.33 Å². The molecule has 6 heteroatoms. The standard InChI is InChI=1S/C25H32N4O2/c1-18-4-6-19(7-5-18)12-23(30)29-16-25(13-22(29)21-15-27(2)17-26-21)10-3-11-28(24(25)31)14-20-8-9-20/h4-7,15,17,20,22H,3,8-14,16H2,1-2H3/t22-,25+/m0/s1. The number of piperidine rings is 1.